The zero-order valence-corrected chi connectivity index (χ0v) is 19.0. The largest absolute Gasteiger partial charge is 0.438 e. The van der Waals surface area contributed by atoms with Crippen LogP contribution in [0.15, 0.2) is 59.6 Å². The highest BCUT2D eigenvalue weighted by atomic mass is 35.5. The Bertz CT molecular complexity index is 1330. The number of benzene rings is 2. The van der Waals surface area contributed by atoms with E-state index >= 15 is 0 Å². The van der Waals surface area contributed by atoms with Crippen LogP contribution in [0.5, 0.6) is 11.6 Å². The van der Waals surface area contributed by atoms with Gasteiger partial charge in [0.05, 0.1) is 15.5 Å². The van der Waals surface area contributed by atoms with Gasteiger partial charge in [-0.2, -0.15) is 5.26 Å². The molecule has 0 fully saturated rings. The number of hydrogen-bond acceptors (Lipinski definition) is 6. The number of amides is 1. The minimum absolute atomic E-state index is 0.0291. The molecule has 0 atom stereocenters. The molecule has 0 unspecified atom stereocenters. The number of nitrogens with one attached hydrogen (secondary N) is 1. The molecular weight excluding hydrogens is 452 g/mol. The standard InChI is InChI=1S/C22H19ClN4O4S/c1-14-11-16(31-22-15(13-24)5-4-10-25-22)6-9-20(14)26-21(28)18-12-17(7-8-19(18)23)32(29,30)27(2)3/h4-12H,1-3H3,(H,26,28). The Balaban J connectivity index is 1.84. The number of sulfonamides is 1. The summed E-state index contributed by atoms with van der Waals surface area (Å²) in [5.41, 5.74) is 1.49. The molecule has 3 aromatic rings. The molecule has 1 heterocycles. The molecule has 0 saturated heterocycles. The summed E-state index contributed by atoms with van der Waals surface area (Å²) in [6, 6.07) is 14.1. The van der Waals surface area contributed by atoms with Crippen LogP contribution >= 0.6 is 11.6 Å². The Labute approximate surface area is 191 Å². The molecule has 1 aromatic heterocycles. The van der Waals surface area contributed by atoms with Crippen molar-refractivity contribution in [1.82, 2.24) is 9.29 Å². The van der Waals surface area contributed by atoms with Crippen LogP contribution in [0, 0.1) is 18.3 Å². The molecule has 0 radical (unpaired) electrons. The number of anilines is 1. The van der Waals surface area contributed by atoms with Gasteiger partial charge in [0.1, 0.15) is 17.4 Å². The number of rotatable bonds is 6. The van der Waals surface area contributed by atoms with Crippen molar-refractivity contribution in [3.63, 3.8) is 0 Å². The lowest BCUT2D eigenvalue weighted by atomic mass is 10.1. The van der Waals surface area contributed by atoms with E-state index in [4.69, 9.17) is 21.6 Å². The van der Waals surface area contributed by atoms with E-state index < -0.39 is 15.9 Å². The second-order valence-electron chi connectivity index (χ2n) is 6.93. The first-order valence-corrected chi connectivity index (χ1v) is 11.1. The maximum atomic E-state index is 12.8. The molecule has 1 amide bonds. The Morgan fingerprint density at radius 1 is 1.19 bits per heavy atom. The van der Waals surface area contributed by atoms with Crippen LogP contribution in [-0.4, -0.2) is 37.7 Å². The van der Waals surface area contributed by atoms with Gasteiger partial charge >= 0.3 is 0 Å². The first-order valence-electron chi connectivity index (χ1n) is 9.30. The van der Waals surface area contributed by atoms with E-state index in [1.807, 2.05) is 6.07 Å². The number of nitriles is 1. The van der Waals surface area contributed by atoms with Crippen molar-refractivity contribution in [2.75, 3.05) is 19.4 Å². The van der Waals surface area contributed by atoms with Crippen LogP contribution in [0.4, 0.5) is 5.69 Å². The second-order valence-corrected chi connectivity index (χ2v) is 9.49. The normalized spacial score (nSPS) is 11.1. The Hall–Kier alpha value is -3.45. The van der Waals surface area contributed by atoms with Gasteiger partial charge in [-0.15, -0.1) is 0 Å². The molecule has 0 spiro atoms. The molecule has 2 aromatic carbocycles. The minimum atomic E-state index is -3.72. The fourth-order valence-electron chi connectivity index (χ4n) is 2.75. The molecule has 164 valence electrons. The van der Waals surface area contributed by atoms with E-state index in [9.17, 15) is 13.2 Å². The minimum Gasteiger partial charge on any atom is -0.438 e. The van der Waals surface area contributed by atoms with E-state index in [-0.39, 0.29) is 21.4 Å². The third-order valence-corrected chi connectivity index (χ3v) is 6.65. The highest BCUT2D eigenvalue weighted by molar-refractivity contribution is 7.89. The summed E-state index contributed by atoms with van der Waals surface area (Å²) in [5.74, 6) is 0.0590. The first kappa shape index (κ1) is 23.2. The van der Waals surface area contributed by atoms with Crippen LogP contribution in [0.25, 0.3) is 0 Å². The molecule has 0 aliphatic heterocycles. The molecule has 0 aliphatic carbocycles. The molecule has 3 rings (SSSR count). The van der Waals surface area contributed by atoms with Crippen molar-refractivity contribution in [2.45, 2.75) is 11.8 Å². The predicted molar refractivity (Wildman–Crippen MR) is 120 cm³/mol. The van der Waals surface area contributed by atoms with Crippen molar-refractivity contribution < 1.29 is 17.9 Å². The number of aromatic nitrogens is 1. The lowest BCUT2D eigenvalue weighted by Crippen LogP contribution is -2.23. The Kier molecular flexibility index (Phi) is 6.79. The average molecular weight is 471 g/mol. The van der Waals surface area contributed by atoms with Gasteiger partial charge in [-0.25, -0.2) is 17.7 Å². The molecule has 0 saturated carbocycles. The van der Waals surface area contributed by atoms with E-state index in [1.54, 1.807) is 37.3 Å². The average Bonchev–Trinajstić information content (AvgIpc) is 2.76. The molecule has 1 N–H and O–H groups in total. The van der Waals surface area contributed by atoms with E-state index in [0.717, 1.165) is 4.31 Å². The van der Waals surface area contributed by atoms with Crippen LogP contribution in [0.1, 0.15) is 21.5 Å². The van der Waals surface area contributed by atoms with Crippen LogP contribution in [0.2, 0.25) is 5.02 Å². The predicted octanol–water partition coefficient (Wildman–Crippen LogP) is 4.21. The second kappa shape index (κ2) is 9.36. The van der Waals surface area contributed by atoms with Crippen LogP contribution in [0.3, 0.4) is 0 Å². The van der Waals surface area contributed by atoms with Crippen molar-refractivity contribution in [1.29, 1.82) is 5.26 Å². The highest BCUT2D eigenvalue weighted by Gasteiger charge is 2.21. The third kappa shape index (κ3) is 4.89. The zero-order chi connectivity index (χ0) is 23.5. The summed E-state index contributed by atoms with van der Waals surface area (Å²) >= 11 is 6.15. The van der Waals surface area contributed by atoms with Gasteiger partial charge in [0.25, 0.3) is 5.91 Å². The summed E-state index contributed by atoms with van der Waals surface area (Å²) in [4.78, 5) is 16.8. The molecule has 32 heavy (non-hydrogen) atoms. The molecule has 10 heteroatoms. The molecular formula is C22H19ClN4O4S. The SMILES string of the molecule is Cc1cc(Oc2ncccc2C#N)ccc1NC(=O)c1cc(S(=O)(=O)N(C)C)ccc1Cl. The van der Waals surface area contributed by atoms with Crippen molar-refractivity contribution in [3.8, 4) is 17.7 Å². The first-order chi connectivity index (χ1) is 15.1. The summed E-state index contributed by atoms with van der Waals surface area (Å²) in [6.45, 7) is 1.76. The van der Waals surface area contributed by atoms with Gasteiger partial charge in [-0.3, -0.25) is 4.79 Å². The van der Waals surface area contributed by atoms with E-state index in [2.05, 4.69) is 10.3 Å². The number of carbonyl (C=O) groups is 1. The van der Waals surface area contributed by atoms with Gasteiger partial charge in [0.15, 0.2) is 0 Å². The van der Waals surface area contributed by atoms with Crippen LogP contribution in [-0.2, 0) is 10.0 Å². The van der Waals surface area contributed by atoms with E-state index in [0.29, 0.717) is 22.6 Å². The molecule has 0 bridgehead atoms. The summed E-state index contributed by atoms with van der Waals surface area (Å²) in [7, 11) is -0.915. The lowest BCUT2D eigenvalue weighted by Gasteiger charge is -2.14. The third-order valence-electron chi connectivity index (χ3n) is 4.51. The number of ether oxygens (including phenoxy) is 1. The lowest BCUT2D eigenvalue weighted by molar-refractivity contribution is 0.102. The smallest absolute Gasteiger partial charge is 0.257 e. The van der Waals surface area contributed by atoms with Gasteiger partial charge in [0, 0.05) is 26.0 Å². The van der Waals surface area contributed by atoms with Crippen molar-refractivity contribution in [2.24, 2.45) is 0 Å². The van der Waals surface area contributed by atoms with E-state index in [1.165, 1.54) is 38.5 Å². The van der Waals surface area contributed by atoms with Crippen molar-refractivity contribution >= 4 is 33.2 Å². The Morgan fingerprint density at radius 2 is 1.94 bits per heavy atom. The summed E-state index contributed by atoms with van der Waals surface area (Å²) in [5, 5.41) is 12.0. The fraction of sp³-hybridized carbons (Fsp3) is 0.136. The Morgan fingerprint density at radius 3 is 2.59 bits per heavy atom. The van der Waals surface area contributed by atoms with Crippen molar-refractivity contribution in [3.05, 3.63) is 76.4 Å². The van der Waals surface area contributed by atoms with Gasteiger partial charge in [-0.05, 0) is 61.0 Å². The quantitative estimate of drug-likeness (QED) is 0.577. The van der Waals surface area contributed by atoms with Gasteiger partial charge in [-0.1, -0.05) is 11.6 Å². The molecule has 0 aliphatic rings. The topological polar surface area (TPSA) is 112 Å². The number of halogens is 1. The monoisotopic (exact) mass is 470 g/mol. The maximum Gasteiger partial charge on any atom is 0.257 e. The number of carbonyl (C=O) groups excluding carboxylic acids is 1. The fourth-order valence-corrected chi connectivity index (χ4v) is 3.88. The zero-order valence-electron chi connectivity index (χ0n) is 17.5. The maximum absolute atomic E-state index is 12.8. The van der Waals surface area contributed by atoms with Crippen LogP contribution < -0.4 is 10.1 Å². The number of hydrogen-bond donors (Lipinski definition) is 1. The number of nitrogens with zero attached hydrogens (tertiary/aromatic N) is 3. The molecule has 8 nitrogen and oxygen atoms in total. The highest BCUT2D eigenvalue weighted by Crippen LogP contribution is 2.28. The van der Waals surface area contributed by atoms with Gasteiger partial charge < -0.3 is 10.1 Å². The summed E-state index contributed by atoms with van der Waals surface area (Å²) < 4.78 is 31.5. The summed E-state index contributed by atoms with van der Waals surface area (Å²) in [6.07, 6.45) is 1.52. The number of pyridine rings is 1. The number of aryl methyl sites for hydroxylation is 1. The van der Waals surface area contributed by atoms with Gasteiger partial charge in [0.2, 0.25) is 15.9 Å².